The molecule has 1 fully saturated rings. The number of likely N-dealkylation sites (tertiary alicyclic amines) is 1. The quantitative estimate of drug-likeness (QED) is 0.432. The van der Waals surface area contributed by atoms with E-state index in [1.54, 1.807) is 57.2 Å². The van der Waals surface area contributed by atoms with Gasteiger partial charge in [0.2, 0.25) is 0 Å². The van der Waals surface area contributed by atoms with Crippen molar-refractivity contribution in [3.05, 3.63) is 58.8 Å². The van der Waals surface area contributed by atoms with E-state index in [0.29, 0.717) is 21.9 Å². The Hall–Kier alpha value is -3.13. The maximum Gasteiger partial charge on any atom is 0.408 e. The van der Waals surface area contributed by atoms with Crippen molar-refractivity contribution in [3.63, 3.8) is 0 Å². The molecule has 1 N–H and O–H groups in total. The van der Waals surface area contributed by atoms with Crippen molar-refractivity contribution in [2.24, 2.45) is 0 Å². The monoisotopic (exact) mass is 504 g/mol. The minimum atomic E-state index is -2.70. The summed E-state index contributed by atoms with van der Waals surface area (Å²) in [5.74, 6) is -2.44. The Morgan fingerprint density at radius 2 is 1.77 bits per heavy atom. The molecule has 1 aromatic heterocycles. The maximum atomic E-state index is 13.4. The van der Waals surface area contributed by atoms with Crippen LogP contribution >= 0.6 is 11.6 Å². The van der Waals surface area contributed by atoms with Crippen molar-refractivity contribution in [2.75, 3.05) is 13.1 Å². The molecule has 6 nitrogen and oxygen atoms in total. The van der Waals surface area contributed by atoms with Gasteiger partial charge >= 0.3 is 6.09 Å². The number of hydrogen-bond acceptors (Lipinski definition) is 4. The lowest BCUT2D eigenvalue weighted by Gasteiger charge is -2.31. The van der Waals surface area contributed by atoms with Crippen LogP contribution in [-0.4, -0.2) is 41.5 Å². The second-order valence-electron chi connectivity index (χ2n) is 9.66. The predicted molar refractivity (Wildman–Crippen MR) is 130 cm³/mol. The zero-order chi connectivity index (χ0) is 25.4. The van der Waals surface area contributed by atoms with E-state index in [-0.39, 0.29) is 38.4 Å². The minimum absolute atomic E-state index is 0.0393. The van der Waals surface area contributed by atoms with Gasteiger partial charge in [-0.25, -0.2) is 13.6 Å². The molecule has 9 heteroatoms. The zero-order valence-electron chi connectivity index (χ0n) is 19.8. The lowest BCUT2D eigenvalue weighted by atomic mass is 9.99. The number of halogens is 3. The van der Waals surface area contributed by atoms with Crippen LogP contribution in [0.4, 0.5) is 13.6 Å². The van der Waals surface area contributed by atoms with E-state index in [1.165, 1.54) is 4.90 Å². The van der Waals surface area contributed by atoms with Crippen LogP contribution in [0, 0.1) is 0 Å². The van der Waals surface area contributed by atoms with Crippen LogP contribution in [0.5, 0.6) is 0 Å². The lowest BCUT2D eigenvalue weighted by Crippen LogP contribution is -2.42. The summed E-state index contributed by atoms with van der Waals surface area (Å²) < 4.78 is 38.0. The van der Waals surface area contributed by atoms with Gasteiger partial charge in [0.05, 0.1) is 6.54 Å². The summed E-state index contributed by atoms with van der Waals surface area (Å²) in [6.07, 6.45) is -1.18. The third-order valence-electron chi connectivity index (χ3n) is 5.68. The normalized spacial score (nSPS) is 15.8. The highest BCUT2D eigenvalue weighted by Crippen LogP contribution is 2.35. The average Bonchev–Trinajstić information content (AvgIpc) is 3.18. The Balaban J connectivity index is 1.52. The first-order chi connectivity index (χ1) is 16.4. The van der Waals surface area contributed by atoms with Crippen LogP contribution in [-0.2, 0) is 11.3 Å². The zero-order valence-corrected chi connectivity index (χ0v) is 20.5. The Bertz CT molecular complexity index is 1240. The average molecular weight is 505 g/mol. The number of benzene rings is 2. The molecular formula is C26H27ClF2N2O4. The second-order valence-corrected chi connectivity index (χ2v) is 10.1. The summed E-state index contributed by atoms with van der Waals surface area (Å²) in [6.45, 7) is 5.57. The third-order valence-corrected chi connectivity index (χ3v) is 5.90. The van der Waals surface area contributed by atoms with Crippen molar-refractivity contribution in [1.82, 2.24) is 10.2 Å². The van der Waals surface area contributed by atoms with Gasteiger partial charge in [-0.3, -0.25) is 4.79 Å². The molecule has 0 bridgehead atoms. The number of alkyl carbamates (subject to hydrolysis) is 1. The van der Waals surface area contributed by atoms with E-state index in [1.807, 2.05) is 6.07 Å². The molecule has 35 heavy (non-hydrogen) atoms. The number of furan rings is 1. The molecule has 186 valence electrons. The summed E-state index contributed by atoms with van der Waals surface area (Å²) in [4.78, 5) is 26.2. The molecule has 0 aliphatic carbocycles. The molecule has 0 unspecified atom stereocenters. The van der Waals surface area contributed by atoms with Crippen LogP contribution in [0.2, 0.25) is 5.02 Å². The van der Waals surface area contributed by atoms with E-state index in [9.17, 15) is 18.4 Å². The Morgan fingerprint density at radius 1 is 1.11 bits per heavy atom. The molecule has 1 aliphatic rings. The van der Waals surface area contributed by atoms with Gasteiger partial charge in [0.1, 0.15) is 16.9 Å². The standard InChI is InChI=1S/C26H27ClF2N2O4/c1-25(2,3)35-24(33)30-15-19-14-21-20(12-18(27)13-22(21)34-19)16-4-6-17(7-5-16)23(32)31-10-8-26(28,29)9-11-31/h4-7,12-14H,8-11,15H2,1-3H3,(H,30,33). The number of fused-ring (bicyclic) bond motifs is 1. The largest absolute Gasteiger partial charge is 0.459 e. The fourth-order valence-electron chi connectivity index (χ4n) is 3.97. The number of ether oxygens (including phenoxy) is 1. The van der Waals surface area contributed by atoms with Crippen molar-refractivity contribution in [3.8, 4) is 11.1 Å². The van der Waals surface area contributed by atoms with Crippen molar-refractivity contribution >= 4 is 34.6 Å². The first-order valence-corrected chi connectivity index (χ1v) is 11.7. The van der Waals surface area contributed by atoms with E-state index in [0.717, 1.165) is 16.5 Å². The number of rotatable bonds is 4. The van der Waals surface area contributed by atoms with E-state index in [4.69, 9.17) is 20.8 Å². The number of piperidine rings is 1. The molecule has 2 amide bonds. The predicted octanol–water partition coefficient (Wildman–Crippen LogP) is 6.65. The van der Waals surface area contributed by atoms with E-state index >= 15 is 0 Å². The van der Waals surface area contributed by atoms with Crippen molar-refractivity contribution < 1.29 is 27.5 Å². The van der Waals surface area contributed by atoms with E-state index in [2.05, 4.69) is 5.32 Å². The van der Waals surface area contributed by atoms with Crippen LogP contribution in [0.15, 0.2) is 46.9 Å². The molecule has 0 saturated carbocycles. The summed E-state index contributed by atoms with van der Waals surface area (Å²) in [5.41, 5.74) is 2.00. The molecule has 1 aliphatic heterocycles. The number of carbonyl (C=O) groups is 2. The lowest BCUT2D eigenvalue weighted by molar-refractivity contribution is -0.0494. The molecule has 0 atom stereocenters. The second kappa shape index (κ2) is 9.49. The molecule has 0 radical (unpaired) electrons. The molecule has 2 heterocycles. The smallest absolute Gasteiger partial charge is 0.408 e. The Morgan fingerprint density at radius 3 is 2.40 bits per heavy atom. The summed E-state index contributed by atoms with van der Waals surface area (Å²) in [7, 11) is 0. The molecule has 1 saturated heterocycles. The number of nitrogens with zero attached hydrogens (tertiary/aromatic N) is 1. The molecule has 3 aromatic rings. The van der Waals surface area contributed by atoms with Crippen LogP contribution in [0.25, 0.3) is 22.1 Å². The van der Waals surface area contributed by atoms with E-state index < -0.39 is 17.6 Å². The number of carbonyl (C=O) groups excluding carboxylic acids is 2. The maximum absolute atomic E-state index is 13.4. The molecule has 0 spiro atoms. The fourth-order valence-corrected chi connectivity index (χ4v) is 4.18. The van der Waals surface area contributed by atoms with Crippen LogP contribution < -0.4 is 5.32 Å². The van der Waals surface area contributed by atoms with Crippen LogP contribution in [0.1, 0.15) is 49.7 Å². The highest BCUT2D eigenvalue weighted by Gasteiger charge is 2.35. The van der Waals surface area contributed by atoms with Gasteiger partial charge < -0.3 is 19.4 Å². The van der Waals surface area contributed by atoms with Gasteiger partial charge in [0.15, 0.2) is 0 Å². The van der Waals surface area contributed by atoms with Gasteiger partial charge in [-0.15, -0.1) is 0 Å². The topological polar surface area (TPSA) is 71.8 Å². The van der Waals surface area contributed by atoms with Gasteiger partial charge in [-0.05, 0) is 56.2 Å². The van der Waals surface area contributed by atoms with Crippen molar-refractivity contribution in [1.29, 1.82) is 0 Å². The van der Waals surface area contributed by atoms with Gasteiger partial charge in [-0.1, -0.05) is 23.7 Å². The number of amides is 2. The Labute approximate surface area is 207 Å². The number of nitrogens with one attached hydrogen (secondary N) is 1. The SMILES string of the molecule is CC(C)(C)OC(=O)NCc1cc2c(-c3ccc(C(=O)N4CCC(F)(F)CC4)cc3)cc(Cl)cc2o1. The minimum Gasteiger partial charge on any atom is -0.459 e. The third kappa shape index (κ3) is 6.11. The summed E-state index contributed by atoms with van der Waals surface area (Å²) in [5, 5.41) is 3.94. The first-order valence-electron chi connectivity index (χ1n) is 11.4. The van der Waals surface area contributed by atoms with Crippen LogP contribution in [0.3, 0.4) is 0 Å². The summed E-state index contributed by atoms with van der Waals surface area (Å²) in [6, 6.07) is 12.3. The molecule has 2 aromatic carbocycles. The molecule has 4 rings (SSSR count). The number of alkyl halides is 2. The highest BCUT2D eigenvalue weighted by atomic mass is 35.5. The first kappa shape index (κ1) is 25.0. The summed E-state index contributed by atoms with van der Waals surface area (Å²) >= 11 is 6.32. The van der Waals surface area contributed by atoms with Gasteiger partial charge in [0.25, 0.3) is 11.8 Å². The van der Waals surface area contributed by atoms with Gasteiger partial charge in [0, 0.05) is 48.0 Å². The van der Waals surface area contributed by atoms with Crippen molar-refractivity contribution in [2.45, 2.75) is 51.7 Å². The fraction of sp³-hybridized carbons (Fsp3) is 0.385. The number of hydrogen-bond donors (Lipinski definition) is 1. The highest BCUT2D eigenvalue weighted by molar-refractivity contribution is 6.31. The Kier molecular flexibility index (Phi) is 6.77. The molecular weight excluding hydrogens is 478 g/mol. The van der Waals surface area contributed by atoms with Gasteiger partial charge in [-0.2, -0.15) is 0 Å².